The molecule has 0 saturated heterocycles. The minimum atomic E-state index is -0.503. The lowest BCUT2D eigenvalue weighted by atomic mass is 10.1. The van der Waals surface area contributed by atoms with Crippen LogP contribution in [0.15, 0.2) is 62.9 Å². The number of aromatic nitrogens is 2. The van der Waals surface area contributed by atoms with Crippen LogP contribution in [0.2, 0.25) is 0 Å². The zero-order valence-corrected chi connectivity index (χ0v) is 15.4. The summed E-state index contributed by atoms with van der Waals surface area (Å²) in [4.78, 5) is 24.4. The third-order valence-electron chi connectivity index (χ3n) is 3.97. The topological polar surface area (TPSA) is 79.0 Å². The van der Waals surface area contributed by atoms with Crippen molar-refractivity contribution >= 4 is 23.4 Å². The average Bonchev–Trinajstić information content (AvgIpc) is 3.03. The molecule has 0 atom stereocenters. The number of aromatic amines is 1. The molecule has 0 bridgehead atoms. The van der Waals surface area contributed by atoms with Crippen molar-refractivity contribution in [3.8, 4) is 5.69 Å². The summed E-state index contributed by atoms with van der Waals surface area (Å²) in [6.07, 6.45) is 0.833. The first-order valence-corrected chi connectivity index (χ1v) is 9.28. The van der Waals surface area contributed by atoms with Crippen molar-refractivity contribution in [3.05, 3.63) is 70.1 Å². The third-order valence-corrected chi connectivity index (χ3v) is 5.00. The number of hydrogen-bond acceptors (Lipinski definition) is 4. The minimum absolute atomic E-state index is 0.104. The standard InChI is InChI=1S/C19H19N3O3S/c1-3-14-9-7-8-13(2)17(14)20-16(23)12-26-18-19(24)25-21-22(18)15-10-5-4-6-11-15/h4-11H,3,12H2,1-2H3,(H-,20,21,23,24)/p+1. The van der Waals surface area contributed by atoms with Crippen molar-refractivity contribution in [1.82, 2.24) is 5.27 Å². The lowest BCUT2D eigenvalue weighted by Crippen LogP contribution is -2.36. The first kappa shape index (κ1) is 18.0. The van der Waals surface area contributed by atoms with Crippen molar-refractivity contribution < 1.29 is 14.0 Å². The van der Waals surface area contributed by atoms with E-state index < -0.39 is 5.63 Å². The van der Waals surface area contributed by atoms with Crippen molar-refractivity contribution in [2.45, 2.75) is 25.3 Å². The van der Waals surface area contributed by atoms with Gasteiger partial charge in [0.05, 0.1) is 5.75 Å². The van der Waals surface area contributed by atoms with E-state index in [4.69, 9.17) is 4.52 Å². The molecular formula is C19H20N3O3S+. The van der Waals surface area contributed by atoms with Crippen LogP contribution >= 0.6 is 11.8 Å². The molecule has 7 heteroatoms. The quantitative estimate of drug-likeness (QED) is 0.517. The van der Waals surface area contributed by atoms with Gasteiger partial charge >= 0.3 is 10.7 Å². The number of thioether (sulfide) groups is 1. The maximum atomic E-state index is 12.4. The Kier molecular flexibility index (Phi) is 5.58. The Morgan fingerprint density at radius 3 is 2.69 bits per heavy atom. The molecule has 0 aliphatic carbocycles. The van der Waals surface area contributed by atoms with Gasteiger partial charge in [0.15, 0.2) is 0 Å². The number of rotatable bonds is 6. The molecule has 134 valence electrons. The molecule has 0 aliphatic rings. The number of benzene rings is 2. The lowest BCUT2D eigenvalue weighted by molar-refractivity contribution is -0.704. The fourth-order valence-electron chi connectivity index (χ4n) is 2.65. The number of anilines is 1. The summed E-state index contributed by atoms with van der Waals surface area (Å²) >= 11 is 1.14. The van der Waals surface area contributed by atoms with Gasteiger partial charge in [-0.3, -0.25) is 9.32 Å². The molecule has 1 aromatic heterocycles. The summed E-state index contributed by atoms with van der Waals surface area (Å²) in [6.45, 7) is 4.01. The Bertz CT molecular complexity index is 964. The molecule has 0 fully saturated rings. The van der Waals surface area contributed by atoms with Gasteiger partial charge in [0, 0.05) is 17.8 Å². The van der Waals surface area contributed by atoms with E-state index in [1.165, 1.54) is 4.68 Å². The number of nitrogens with zero attached hydrogens (tertiary/aromatic N) is 1. The molecular weight excluding hydrogens is 350 g/mol. The summed E-state index contributed by atoms with van der Waals surface area (Å²) in [6, 6.07) is 15.2. The molecule has 1 heterocycles. The summed E-state index contributed by atoms with van der Waals surface area (Å²) in [5, 5.41) is 5.85. The summed E-state index contributed by atoms with van der Waals surface area (Å²) in [7, 11) is 0. The normalized spacial score (nSPS) is 10.7. The fourth-order valence-corrected chi connectivity index (χ4v) is 3.42. The van der Waals surface area contributed by atoms with Crippen LogP contribution in [-0.2, 0) is 11.2 Å². The Morgan fingerprint density at radius 2 is 1.96 bits per heavy atom. The van der Waals surface area contributed by atoms with Crippen LogP contribution in [0.25, 0.3) is 5.69 Å². The van der Waals surface area contributed by atoms with Crippen LogP contribution in [0.1, 0.15) is 18.1 Å². The molecule has 3 rings (SSSR count). The second-order valence-corrected chi connectivity index (χ2v) is 6.72. The van der Waals surface area contributed by atoms with E-state index >= 15 is 0 Å². The highest BCUT2D eigenvalue weighted by molar-refractivity contribution is 7.99. The van der Waals surface area contributed by atoms with Crippen LogP contribution in [0, 0.1) is 6.92 Å². The smallest absolute Gasteiger partial charge is 0.325 e. The molecule has 0 spiro atoms. The molecule has 2 aromatic carbocycles. The summed E-state index contributed by atoms with van der Waals surface area (Å²) < 4.78 is 6.42. The van der Waals surface area contributed by atoms with Gasteiger partial charge in [-0.1, -0.05) is 43.3 Å². The van der Waals surface area contributed by atoms with Gasteiger partial charge in [0.25, 0.3) is 0 Å². The van der Waals surface area contributed by atoms with Gasteiger partial charge < -0.3 is 5.32 Å². The van der Waals surface area contributed by atoms with Crippen molar-refractivity contribution in [3.63, 3.8) is 0 Å². The van der Waals surface area contributed by atoms with Crippen molar-refractivity contribution in [1.29, 1.82) is 0 Å². The molecule has 3 aromatic rings. The van der Waals surface area contributed by atoms with E-state index in [9.17, 15) is 9.59 Å². The Labute approximate surface area is 155 Å². The predicted molar refractivity (Wildman–Crippen MR) is 101 cm³/mol. The summed E-state index contributed by atoms with van der Waals surface area (Å²) in [5.41, 5.74) is 3.20. The van der Waals surface area contributed by atoms with Gasteiger partial charge in [-0.25, -0.2) is 4.79 Å². The number of para-hydroxylation sites is 2. The van der Waals surface area contributed by atoms with Gasteiger partial charge in [-0.15, -0.1) is 0 Å². The number of carbonyl (C=O) groups is 1. The van der Waals surface area contributed by atoms with E-state index in [1.807, 2.05) is 62.4 Å². The highest BCUT2D eigenvalue weighted by Gasteiger charge is 2.25. The monoisotopic (exact) mass is 370 g/mol. The molecule has 0 saturated carbocycles. The van der Waals surface area contributed by atoms with Crippen molar-refractivity contribution in [2.24, 2.45) is 0 Å². The van der Waals surface area contributed by atoms with Crippen LogP contribution < -0.4 is 15.6 Å². The molecule has 1 amide bonds. The zero-order valence-electron chi connectivity index (χ0n) is 14.6. The number of nitrogens with one attached hydrogen (secondary N) is 2. The Morgan fingerprint density at radius 1 is 1.19 bits per heavy atom. The van der Waals surface area contributed by atoms with Gasteiger partial charge in [0.2, 0.25) is 11.6 Å². The lowest BCUT2D eigenvalue weighted by Gasteiger charge is -2.12. The minimum Gasteiger partial charge on any atom is -0.325 e. The molecule has 6 nitrogen and oxygen atoms in total. The number of hydrogen-bond donors (Lipinski definition) is 2. The highest BCUT2D eigenvalue weighted by atomic mass is 32.2. The number of carbonyl (C=O) groups excluding carboxylic acids is 1. The number of amides is 1. The van der Waals surface area contributed by atoms with Gasteiger partial charge in [-0.2, -0.15) is 0 Å². The molecule has 0 unspecified atom stereocenters. The number of H-pyrrole nitrogens is 1. The van der Waals surface area contributed by atoms with E-state index in [0.717, 1.165) is 40.7 Å². The SMILES string of the molecule is CCc1cccc(C)c1NC(=O)CSc1c(=O)o[nH][n+]1-c1ccccc1. The van der Waals surface area contributed by atoms with Crippen LogP contribution in [0.3, 0.4) is 0 Å². The fraction of sp³-hybridized carbons (Fsp3) is 0.211. The van der Waals surface area contributed by atoms with E-state index in [0.29, 0.717) is 5.03 Å². The third kappa shape index (κ3) is 3.88. The largest absolute Gasteiger partial charge is 0.442 e. The predicted octanol–water partition coefficient (Wildman–Crippen LogP) is 2.85. The van der Waals surface area contributed by atoms with Crippen LogP contribution in [-0.4, -0.2) is 16.9 Å². The molecule has 0 aliphatic heterocycles. The molecule has 0 radical (unpaired) electrons. The van der Waals surface area contributed by atoms with Gasteiger partial charge in [0.1, 0.15) is 0 Å². The van der Waals surface area contributed by atoms with E-state index in [-0.39, 0.29) is 11.7 Å². The second-order valence-electron chi connectivity index (χ2n) is 5.76. The first-order valence-electron chi connectivity index (χ1n) is 8.30. The Hall–Kier alpha value is -2.80. The number of aryl methyl sites for hydroxylation is 2. The zero-order chi connectivity index (χ0) is 18.5. The van der Waals surface area contributed by atoms with Crippen LogP contribution in [0.4, 0.5) is 5.69 Å². The maximum Gasteiger partial charge on any atom is 0.442 e. The molecule has 26 heavy (non-hydrogen) atoms. The first-order chi connectivity index (χ1) is 12.6. The van der Waals surface area contributed by atoms with E-state index in [2.05, 4.69) is 10.6 Å². The molecule has 2 N–H and O–H groups in total. The van der Waals surface area contributed by atoms with Gasteiger partial charge in [-0.05, 0) is 46.2 Å². The second kappa shape index (κ2) is 8.05. The average molecular weight is 370 g/mol. The Balaban J connectivity index is 1.74. The summed E-state index contributed by atoms with van der Waals surface area (Å²) in [5.74, 6) is -0.0633. The highest BCUT2D eigenvalue weighted by Crippen LogP contribution is 2.21. The van der Waals surface area contributed by atoms with Crippen LogP contribution in [0.5, 0.6) is 0 Å². The maximum absolute atomic E-state index is 12.4. The van der Waals surface area contributed by atoms with Crippen molar-refractivity contribution in [2.75, 3.05) is 11.1 Å². The van der Waals surface area contributed by atoms with E-state index in [1.54, 1.807) is 0 Å².